The minimum Gasteiger partial charge on any atom is -0.497 e. The summed E-state index contributed by atoms with van der Waals surface area (Å²) in [5, 5.41) is -0.157. The second-order valence-corrected chi connectivity index (χ2v) is 8.82. The lowest BCUT2D eigenvalue weighted by Crippen LogP contribution is -2.31. The molecule has 0 unspecified atom stereocenters. The molecule has 2 aromatic carbocycles. The van der Waals surface area contributed by atoms with E-state index in [2.05, 4.69) is 0 Å². The van der Waals surface area contributed by atoms with Gasteiger partial charge in [-0.05, 0) is 42.0 Å². The minimum absolute atomic E-state index is 0.206. The van der Waals surface area contributed by atoms with Gasteiger partial charge in [-0.1, -0.05) is 23.7 Å². The van der Waals surface area contributed by atoms with E-state index in [0.717, 1.165) is 5.56 Å². The highest BCUT2D eigenvalue weighted by atomic mass is 35.5. The molecule has 1 fully saturated rings. The van der Waals surface area contributed by atoms with Crippen LogP contribution in [0.5, 0.6) is 5.75 Å². The third-order valence-corrected chi connectivity index (χ3v) is 7.68. The molecule has 0 aliphatic heterocycles. The Morgan fingerprint density at radius 3 is 2.08 bits per heavy atom. The van der Waals surface area contributed by atoms with E-state index in [1.165, 1.54) is 12.1 Å². The van der Waals surface area contributed by atoms with Crippen LogP contribution in [0.1, 0.15) is 11.5 Å². The van der Waals surface area contributed by atoms with E-state index < -0.39 is 20.5 Å². The predicted molar refractivity (Wildman–Crippen MR) is 98.7 cm³/mol. The molecule has 0 heterocycles. The van der Waals surface area contributed by atoms with Gasteiger partial charge in [-0.2, -0.15) is 0 Å². The topological polar surface area (TPSA) is 95.4 Å². The van der Waals surface area contributed by atoms with Gasteiger partial charge in [-0.3, -0.25) is 0 Å². The van der Waals surface area contributed by atoms with Gasteiger partial charge >= 0.3 is 0 Å². The van der Waals surface area contributed by atoms with Gasteiger partial charge in [0.2, 0.25) is 0 Å². The molecule has 1 saturated carbocycles. The molecule has 1 aliphatic carbocycles. The van der Waals surface area contributed by atoms with E-state index in [0.29, 0.717) is 10.8 Å². The van der Waals surface area contributed by atoms with Crippen LogP contribution in [0.3, 0.4) is 0 Å². The van der Waals surface area contributed by atoms with E-state index >= 15 is 0 Å². The Kier molecular flexibility index (Phi) is 4.81. The van der Waals surface area contributed by atoms with Crippen molar-refractivity contribution in [2.45, 2.75) is 16.1 Å². The number of halogens is 1. The van der Waals surface area contributed by atoms with Gasteiger partial charge in [0.25, 0.3) is 0 Å². The summed E-state index contributed by atoms with van der Waals surface area (Å²) in [6, 6.07) is 13.6. The van der Waals surface area contributed by atoms with Gasteiger partial charge in [0.1, 0.15) is 5.75 Å². The first-order valence-corrected chi connectivity index (χ1v) is 9.86. The zero-order valence-electron chi connectivity index (χ0n) is 13.9. The smallest absolute Gasteiger partial charge is 0.182 e. The Morgan fingerprint density at radius 2 is 1.60 bits per heavy atom. The van der Waals surface area contributed by atoms with Crippen molar-refractivity contribution in [2.24, 2.45) is 16.9 Å². The molecule has 134 valence electrons. The summed E-state index contributed by atoms with van der Waals surface area (Å²) in [6.45, 7) is 0.412. The number of nitrogens with two attached hydrogens (primary N) is 2. The first kappa shape index (κ1) is 18.2. The third kappa shape index (κ3) is 2.93. The highest BCUT2D eigenvalue weighted by molar-refractivity contribution is 7.92. The fraction of sp³-hybridized carbons (Fsp3) is 0.333. The molecule has 2 atom stereocenters. The monoisotopic (exact) mass is 380 g/mol. The average Bonchev–Trinajstić information content (AvgIpc) is 3.33. The SMILES string of the molecule is COc1ccc([C@@H]2[C@@H](S(=O)(=O)c3ccc(Cl)cc3)C2(CN)CN)cc1. The largest absolute Gasteiger partial charge is 0.497 e. The summed E-state index contributed by atoms with van der Waals surface area (Å²) in [5.74, 6) is 0.474. The Balaban J connectivity index is 2.02. The van der Waals surface area contributed by atoms with Crippen molar-refractivity contribution in [3.8, 4) is 5.75 Å². The molecule has 0 spiro atoms. The molecule has 25 heavy (non-hydrogen) atoms. The van der Waals surface area contributed by atoms with E-state index in [1.54, 1.807) is 19.2 Å². The van der Waals surface area contributed by atoms with Crippen molar-refractivity contribution in [2.75, 3.05) is 20.2 Å². The molecule has 0 bridgehead atoms. The van der Waals surface area contributed by atoms with Crippen molar-refractivity contribution in [1.29, 1.82) is 0 Å². The maximum atomic E-state index is 13.2. The maximum Gasteiger partial charge on any atom is 0.182 e. The Bertz CT molecular complexity index is 847. The maximum absolute atomic E-state index is 13.2. The summed E-state index contributed by atoms with van der Waals surface area (Å²) >= 11 is 5.87. The number of sulfone groups is 1. The number of benzene rings is 2. The van der Waals surface area contributed by atoms with Gasteiger partial charge in [0.05, 0.1) is 17.3 Å². The first-order chi connectivity index (χ1) is 11.9. The molecule has 2 aromatic rings. The fourth-order valence-electron chi connectivity index (χ4n) is 3.60. The number of methoxy groups -OCH3 is 1. The van der Waals surface area contributed by atoms with Gasteiger partial charge in [0.15, 0.2) is 9.84 Å². The normalized spacial score (nSPS) is 21.8. The zero-order chi connectivity index (χ0) is 18.2. The number of hydrogen-bond acceptors (Lipinski definition) is 5. The number of hydrogen-bond donors (Lipinski definition) is 2. The van der Waals surface area contributed by atoms with Crippen LogP contribution in [0.4, 0.5) is 0 Å². The average molecular weight is 381 g/mol. The van der Waals surface area contributed by atoms with Crippen molar-refractivity contribution in [1.82, 2.24) is 0 Å². The van der Waals surface area contributed by atoms with Gasteiger partial charge < -0.3 is 16.2 Å². The molecule has 7 heteroatoms. The van der Waals surface area contributed by atoms with Crippen LogP contribution in [0, 0.1) is 5.41 Å². The minimum atomic E-state index is -3.58. The van der Waals surface area contributed by atoms with E-state index in [4.69, 9.17) is 27.8 Å². The van der Waals surface area contributed by atoms with Crippen LogP contribution in [0.25, 0.3) is 0 Å². The summed E-state index contributed by atoms with van der Waals surface area (Å²) in [6.07, 6.45) is 0. The Hall–Kier alpha value is -1.60. The highest BCUT2D eigenvalue weighted by Gasteiger charge is 2.69. The quantitative estimate of drug-likeness (QED) is 0.800. The zero-order valence-corrected chi connectivity index (χ0v) is 15.4. The Morgan fingerprint density at radius 1 is 1.04 bits per heavy atom. The van der Waals surface area contributed by atoms with Crippen molar-refractivity contribution < 1.29 is 13.2 Å². The lowest BCUT2D eigenvalue weighted by Gasteiger charge is -2.13. The third-order valence-electron chi connectivity index (χ3n) is 5.09. The predicted octanol–water partition coefficient (Wildman–Crippen LogP) is 2.19. The van der Waals surface area contributed by atoms with Crippen molar-refractivity contribution in [3.63, 3.8) is 0 Å². The molecule has 0 saturated heterocycles. The second kappa shape index (κ2) is 6.61. The van der Waals surface area contributed by atoms with Crippen LogP contribution in [0.15, 0.2) is 53.4 Å². The van der Waals surface area contributed by atoms with Gasteiger partial charge in [-0.15, -0.1) is 0 Å². The van der Waals surface area contributed by atoms with Crippen molar-refractivity contribution >= 4 is 21.4 Å². The molecule has 1 aliphatic rings. The molecule has 0 amide bonds. The summed E-state index contributed by atoms with van der Waals surface area (Å²) in [4.78, 5) is 0.240. The highest BCUT2D eigenvalue weighted by Crippen LogP contribution is 2.63. The standard InChI is InChI=1S/C18H21ClN2O3S/c1-24-14-6-2-12(3-7-14)16-17(18(16,10-20)11-21)25(22,23)15-8-4-13(19)5-9-15/h2-9,16-17H,10-11,20-21H2,1H3/t16-,17-/m1/s1. The fourth-order valence-corrected chi connectivity index (χ4v) is 6.20. The van der Waals surface area contributed by atoms with Crippen LogP contribution < -0.4 is 16.2 Å². The molecular formula is C18H21ClN2O3S. The molecule has 0 aromatic heterocycles. The van der Waals surface area contributed by atoms with E-state index in [9.17, 15) is 8.42 Å². The van der Waals surface area contributed by atoms with Crippen LogP contribution in [0.2, 0.25) is 5.02 Å². The first-order valence-electron chi connectivity index (χ1n) is 7.94. The lowest BCUT2D eigenvalue weighted by molar-refractivity contribution is 0.414. The summed E-state index contributed by atoms with van der Waals surface area (Å²) in [7, 11) is -1.99. The molecular weight excluding hydrogens is 360 g/mol. The molecule has 0 radical (unpaired) electrons. The molecule has 5 nitrogen and oxygen atoms in total. The lowest BCUT2D eigenvalue weighted by atomic mass is 9.99. The molecule has 3 rings (SSSR count). The van der Waals surface area contributed by atoms with Crippen molar-refractivity contribution in [3.05, 3.63) is 59.1 Å². The van der Waals surface area contributed by atoms with Gasteiger partial charge in [0, 0.05) is 29.4 Å². The number of ether oxygens (including phenoxy) is 1. The van der Waals surface area contributed by atoms with Crippen LogP contribution in [-0.4, -0.2) is 33.9 Å². The molecule has 4 N–H and O–H groups in total. The van der Waals surface area contributed by atoms with E-state index in [1.807, 2.05) is 24.3 Å². The summed E-state index contributed by atoms with van der Waals surface area (Å²) in [5.41, 5.74) is 12.2. The number of rotatable bonds is 6. The second-order valence-electron chi connectivity index (χ2n) is 6.31. The summed E-state index contributed by atoms with van der Waals surface area (Å²) < 4.78 is 31.5. The van der Waals surface area contributed by atoms with E-state index in [-0.39, 0.29) is 23.9 Å². The Labute approximate surface area is 152 Å². The van der Waals surface area contributed by atoms with Crippen LogP contribution in [-0.2, 0) is 9.84 Å². The van der Waals surface area contributed by atoms with Crippen LogP contribution >= 0.6 is 11.6 Å². The van der Waals surface area contributed by atoms with Gasteiger partial charge in [-0.25, -0.2) is 8.42 Å².